The standard InChI is InChI=1S/C14H23N3O2/c1-3-13(12-6-8-15-9-7-12)17-14(19)16-11(2)5-4-10-18/h6-9,11,13,18H,3-5,10H2,1-2H3,(H2,16,17,19). The monoisotopic (exact) mass is 265 g/mol. The van der Waals surface area contributed by atoms with Crippen LogP contribution in [0.25, 0.3) is 0 Å². The van der Waals surface area contributed by atoms with Crippen molar-refractivity contribution in [3.63, 3.8) is 0 Å². The molecule has 106 valence electrons. The van der Waals surface area contributed by atoms with Crippen molar-refractivity contribution in [2.75, 3.05) is 6.61 Å². The molecular formula is C14H23N3O2. The second-order valence-corrected chi connectivity index (χ2v) is 4.63. The zero-order chi connectivity index (χ0) is 14.1. The minimum absolute atomic E-state index is 0.00644. The third kappa shape index (κ3) is 5.70. The van der Waals surface area contributed by atoms with Crippen molar-refractivity contribution in [2.45, 2.75) is 45.2 Å². The van der Waals surface area contributed by atoms with Crippen molar-refractivity contribution in [3.05, 3.63) is 30.1 Å². The lowest BCUT2D eigenvalue weighted by molar-refractivity contribution is 0.230. The van der Waals surface area contributed by atoms with Gasteiger partial charge in [-0.05, 0) is 43.9 Å². The van der Waals surface area contributed by atoms with E-state index in [0.717, 1.165) is 18.4 Å². The second kappa shape index (κ2) is 8.48. The Bertz CT molecular complexity index is 370. The molecule has 2 atom stereocenters. The zero-order valence-corrected chi connectivity index (χ0v) is 11.6. The van der Waals surface area contributed by atoms with Gasteiger partial charge in [-0.1, -0.05) is 6.92 Å². The van der Waals surface area contributed by atoms with Gasteiger partial charge in [-0.25, -0.2) is 4.79 Å². The van der Waals surface area contributed by atoms with Gasteiger partial charge < -0.3 is 15.7 Å². The van der Waals surface area contributed by atoms with Gasteiger partial charge in [-0.2, -0.15) is 0 Å². The molecule has 0 saturated heterocycles. The fourth-order valence-electron chi connectivity index (χ4n) is 1.91. The first-order valence-corrected chi connectivity index (χ1v) is 6.75. The SMILES string of the molecule is CCC(NC(=O)NC(C)CCCO)c1ccncc1. The van der Waals surface area contributed by atoms with Crippen LogP contribution in [-0.2, 0) is 0 Å². The Morgan fingerprint density at radius 2 is 2.05 bits per heavy atom. The maximum absolute atomic E-state index is 11.9. The number of aliphatic hydroxyl groups excluding tert-OH is 1. The highest BCUT2D eigenvalue weighted by Gasteiger charge is 2.13. The molecule has 0 radical (unpaired) electrons. The molecule has 2 unspecified atom stereocenters. The summed E-state index contributed by atoms with van der Waals surface area (Å²) in [6, 6.07) is 3.69. The number of rotatable bonds is 7. The Morgan fingerprint density at radius 3 is 2.63 bits per heavy atom. The molecule has 1 heterocycles. The van der Waals surface area contributed by atoms with Gasteiger partial charge in [0.05, 0.1) is 6.04 Å². The number of nitrogens with one attached hydrogen (secondary N) is 2. The van der Waals surface area contributed by atoms with Crippen molar-refractivity contribution in [2.24, 2.45) is 0 Å². The van der Waals surface area contributed by atoms with Crippen molar-refractivity contribution in [3.8, 4) is 0 Å². The molecule has 0 saturated carbocycles. The lowest BCUT2D eigenvalue weighted by Crippen LogP contribution is -2.42. The lowest BCUT2D eigenvalue weighted by Gasteiger charge is -2.20. The number of hydrogen-bond donors (Lipinski definition) is 3. The maximum atomic E-state index is 11.9. The van der Waals surface area contributed by atoms with Gasteiger partial charge in [0.2, 0.25) is 0 Å². The number of hydrogen-bond acceptors (Lipinski definition) is 3. The largest absolute Gasteiger partial charge is 0.396 e. The fraction of sp³-hybridized carbons (Fsp3) is 0.571. The van der Waals surface area contributed by atoms with Crippen molar-refractivity contribution >= 4 is 6.03 Å². The van der Waals surface area contributed by atoms with Gasteiger partial charge in [0.1, 0.15) is 0 Å². The molecular weight excluding hydrogens is 242 g/mol. The van der Waals surface area contributed by atoms with Crippen molar-refractivity contribution in [1.29, 1.82) is 0 Å². The second-order valence-electron chi connectivity index (χ2n) is 4.63. The van der Waals surface area contributed by atoms with Crippen LogP contribution < -0.4 is 10.6 Å². The van der Waals surface area contributed by atoms with Crippen LogP contribution in [0.3, 0.4) is 0 Å². The first kappa shape index (κ1) is 15.4. The van der Waals surface area contributed by atoms with E-state index in [-0.39, 0.29) is 24.7 Å². The molecule has 5 heteroatoms. The fourth-order valence-corrected chi connectivity index (χ4v) is 1.91. The van der Waals surface area contributed by atoms with E-state index < -0.39 is 0 Å². The smallest absolute Gasteiger partial charge is 0.315 e. The van der Waals surface area contributed by atoms with Crippen LogP contribution in [0.15, 0.2) is 24.5 Å². The number of aromatic nitrogens is 1. The van der Waals surface area contributed by atoms with E-state index in [1.165, 1.54) is 0 Å². The molecule has 2 amide bonds. The molecule has 3 N–H and O–H groups in total. The van der Waals surface area contributed by atoms with E-state index in [2.05, 4.69) is 15.6 Å². The van der Waals surface area contributed by atoms with Gasteiger partial charge in [0, 0.05) is 25.0 Å². The van der Waals surface area contributed by atoms with Gasteiger partial charge in [-0.15, -0.1) is 0 Å². The topological polar surface area (TPSA) is 74.2 Å². The average Bonchev–Trinajstić information content (AvgIpc) is 2.43. The van der Waals surface area contributed by atoms with Gasteiger partial charge in [0.25, 0.3) is 0 Å². The molecule has 0 aliphatic carbocycles. The Kier molecular flexibility index (Phi) is 6.89. The van der Waals surface area contributed by atoms with E-state index in [1.54, 1.807) is 12.4 Å². The molecule has 5 nitrogen and oxygen atoms in total. The number of nitrogens with zero attached hydrogens (tertiary/aromatic N) is 1. The summed E-state index contributed by atoms with van der Waals surface area (Å²) in [5.41, 5.74) is 1.05. The maximum Gasteiger partial charge on any atom is 0.315 e. The summed E-state index contributed by atoms with van der Waals surface area (Å²) in [5.74, 6) is 0. The first-order valence-electron chi connectivity index (χ1n) is 6.75. The summed E-state index contributed by atoms with van der Waals surface area (Å²) >= 11 is 0. The van der Waals surface area contributed by atoms with Crippen LogP contribution >= 0.6 is 0 Å². The van der Waals surface area contributed by atoms with Gasteiger partial charge in [0.15, 0.2) is 0 Å². The van der Waals surface area contributed by atoms with E-state index in [0.29, 0.717) is 6.42 Å². The van der Waals surface area contributed by atoms with Crippen molar-refractivity contribution in [1.82, 2.24) is 15.6 Å². The number of pyridine rings is 1. The van der Waals surface area contributed by atoms with Crippen LogP contribution in [-0.4, -0.2) is 28.8 Å². The molecule has 0 aliphatic heterocycles. The van der Waals surface area contributed by atoms with Crippen LogP contribution in [0.5, 0.6) is 0 Å². The predicted molar refractivity (Wildman–Crippen MR) is 74.7 cm³/mol. The number of amides is 2. The highest BCUT2D eigenvalue weighted by Crippen LogP contribution is 2.14. The highest BCUT2D eigenvalue weighted by atomic mass is 16.3. The summed E-state index contributed by atoms with van der Waals surface area (Å²) in [5, 5.41) is 14.6. The summed E-state index contributed by atoms with van der Waals surface area (Å²) < 4.78 is 0. The third-order valence-corrected chi connectivity index (χ3v) is 2.99. The molecule has 0 spiro atoms. The van der Waals surface area contributed by atoms with Crippen LogP contribution in [0.1, 0.15) is 44.7 Å². The number of carbonyl (C=O) groups excluding carboxylic acids is 1. The summed E-state index contributed by atoms with van der Waals surface area (Å²) in [7, 11) is 0. The lowest BCUT2D eigenvalue weighted by atomic mass is 10.1. The quantitative estimate of drug-likeness (QED) is 0.706. The molecule has 1 rings (SSSR count). The van der Waals surface area contributed by atoms with E-state index in [9.17, 15) is 4.79 Å². The molecule has 0 fully saturated rings. The number of carbonyl (C=O) groups is 1. The summed E-state index contributed by atoms with van der Waals surface area (Å²) in [4.78, 5) is 15.8. The summed E-state index contributed by atoms with van der Waals surface area (Å²) in [6.45, 7) is 4.12. The molecule has 0 aromatic carbocycles. The van der Waals surface area contributed by atoms with E-state index >= 15 is 0 Å². The minimum atomic E-state index is -0.172. The predicted octanol–water partition coefficient (Wildman–Crippen LogP) is 1.99. The number of urea groups is 1. The summed E-state index contributed by atoms with van der Waals surface area (Å²) in [6.07, 6.45) is 5.74. The Hall–Kier alpha value is -1.62. The Morgan fingerprint density at radius 1 is 1.37 bits per heavy atom. The van der Waals surface area contributed by atoms with E-state index in [4.69, 9.17) is 5.11 Å². The van der Waals surface area contributed by atoms with Crippen LogP contribution in [0.2, 0.25) is 0 Å². The molecule has 1 aromatic heterocycles. The van der Waals surface area contributed by atoms with Crippen molar-refractivity contribution < 1.29 is 9.90 Å². The first-order chi connectivity index (χ1) is 9.17. The Labute approximate surface area is 114 Å². The van der Waals surface area contributed by atoms with E-state index in [1.807, 2.05) is 26.0 Å². The highest BCUT2D eigenvalue weighted by molar-refractivity contribution is 5.74. The minimum Gasteiger partial charge on any atom is -0.396 e. The third-order valence-electron chi connectivity index (χ3n) is 2.99. The normalized spacial score (nSPS) is 13.6. The molecule has 0 aliphatic rings. The zero-order valence-electron chi connectivity index (χ0n) is 11.6. The van der Waals surface area contributed by atoms with Gasteiger partial charge in [-0.3, -0.25) is 4.98 Å². The number of aliphatic hydroxyl groups is 1. The van der Waals surface area contributed by atoms with Gasteiger partial charge >= 0.3 is 6.03 Å². The average molecular weight is 265 g/mol. The van der Waals surface area contributed by atoms with Crippen LogP contribution in [0, 0.1) is 0 Å². The Balaban J connectivity index is 2.45. The molecule has 0 bridgehead atoms. The molecule has 1 aromatic rings. The van der Waals surface area contributed by atoms with Crippen LogP contribution in [0.4, 0.5) is 4.79 Å². The molecule has 19 heavy (non-hydrogen) atoms.